The lowest BCUT2D eigenvalue weighted by Gasteiger charge is -2.01. The Bertz CT molecular complexity index is 734. The van der Waals surface area contributed by atoms with Crippen molar-refractivity contribution in [3.8, 4) is 17.1 Å². The van der Waals surface area contributed by atoms with Crippen LogP contribution >= 0.6 is 0 Å². The molecule has 0 unspecified atom stereocenters. The van der Waals surface area contributed by atoms with Crippen molar-refractivity contribution in [2.24, 2.45) is 0 Å². The van der Waals surface area contributed by atoms with E-state index in [0.717, 1.165) is 10.9 Å². The van der Waals surface area contributed by atoms with Gasteiger partial charge in [-0.15, -0.1) is 0 Å². The number of aromatic nitrogens is 3. The maximum atomic E-state index is 9.97. The Morgan fingerprint density at radius 3 is 2.78 bits per heavy atom. The SMILES string of the molecule is Nc1ccc2[nH]c(O)c(-c3ccnc(N)n3)c2c1. The molecule has 0 aliphatic carbocycles. The van der Waals surface area contributed by atoms with Gasteiger partial charge >= 0.3 is 0 Å². The highest BCUT2D eigenvalue weighted by Crippen LogP contribution is 2.36. The third-order valence-corrected chi connectivity index (χ3v) is 2.73. The monoisotopic (exact) mass is 241 g/mol. The van der Waals surface area contributed by atoms with Gasteiger partial charge in [-0.1, -0.05) is 0 Å². The highest BCUT2D eigenvalue weighted by molar-refractivity contribution is 5.99. The summed E-state index contributed by atoms with van der Waals surface area (Å²) < 4.78 is 0. The molecule has 0 saturated carbocycles. The third kappa shape index (κ3) is 1.51. The fraction of sp³-hybridized carbons (Fsp3) is 0. The van der Waals surface area contributed by atoms with Gasteiger partial charge in [0.15, 0.2) is 5.88 Å². The number of aromatic amines is 1. The maximum absolute atomic E-state index is 9.97. The Labute approximate surface area is 102 Å². The van der Waals surface area contributed by atoms with Crippen LogP contribution in [0.25, 0.3) is 22.2 Å². The summed E-state index contributed by atoms with van der Waals surface area (Å²) in [4.78, 5) is 10.8. The molecule has 6 heteroatoms. The van der Waals surface area contributed by atoms with Crippen molar-refractivity contribution < 1.29 is 5.11 Å². The van der Waals surface area contributed by atoms with Crippen LogP contribution in [0.5, 0.6) is 5.88 Å². The fourth-order valence-electron chi connectivity index (χ4n) is 1.97. The first-order valence-electron chi connectivity index (χ1n) is 5.34. The van der Waals surface area contributed by atoms with Gasteiger partial charge in [0.1, 0.15) is 0 Å². The van der Waals surface area contributed by atoms with E-state index >= 15 is 0 Å². The number of rotatable bonds is 1. The number of hydrogen-bond acceptors (Lipinski definition) is 5. The van der Waals surface area contributed by atoms with E-state index in [2.05, 4.69) is 15.0 Å². The van der Waals surface area contributed by atoms with E-state index in [-0.39, 0.29) is 11.8 Å². The predicted octanol–water partition coefficient (Wildman–Crippen LogP) is 1.49. The van der Waals surface area contributed by atoms with Crippen LogP contribution in [0.15, 0.2) is 30.5 Å². The summed E-state index contributed by atoms with van der Waals surface area (Å²) in [6, 6.07) is 7.02. The minimum atomic E-state index is 0.0358. The Morgan fingerprint density at radius 2 is 2.00 bits per heavy atom. The molecular formula is C12H11N5O. The van der Waals surface area contributed by atoms with Crippen LogP contribution in [-0.4, -0.2) is 20.1 Å². The molecule has 2 aromatic heterocycles. The van der Waals surface area contributed by atoms with Gasteiger partial charge in [-0.2, -0.15) is 0 Å². The number of nitrogens with two attached hydrogens (primary N) is 2. The highest BCUT2D eigenvalue weighted by Gasteiger charge is 2.14. The summed E-state index contributed by atoms with van der Waals surface area (Å²) in [6.07, 6.45) is 1.54. The third-order valence-electron chi connectivity index (χ3n) is 2.73. The topological polar surface area (TPSA) is 114 Å². The fourth-order valence-corrected chi connectivity index (χ4v) is 1.97. The van der Waals surface area contributed by atoms with Crippen molar-refractivity contribution in [3.63, 3.8) is 0 Å². The van der Waals surface area contributed by atoms with Gasteiger partial charge in [-0.3, -0.25) is 0 Å². The number of hydrogen-bond donors (Lipinski definition) is 4. The first-order chi connectivity index (χ1) is 8.65. The second kappa shape index (κ2) is 3.63. The molecule has 0 amide bonds. The number of nitrogens with one attached hydrogen (secondary N) is 1. The van der Waals surface area contributed by atoms with E-state index in [1.165, 1.54) is 0 Å². The van der Waals surface area contributed by atoms with E-state index in [0.29, 0.717) is 16.9 Å². The molecule has 0 radical (unpaired) electrons. The zero-order chi connectivity index (χ0) is 12.7. The van der Waals surface area contributed by atoms with Crippen molar-refractivity contribution in [2.45, 2.75) is 0 Å². The second-order valence-corrected chi connectivity index (χ2v) is 3.95. The van der Waals surface area contributed by atoms with Crippen LogP contribution in [0, 0.1) is 0 Å². The number of nitrogen functional groups attached to an aromatic ring is 2. The van der Waals surface area contributed by atoms with Crippen molar-refractivity contribution >= 4 is 22.5 Å². The molecule has 3 aromatic rings. The van der Waals surface area contributed by atoms with Crippen molar-refractivity contribution in [3.05, 3.63) is 30.5 Å². The maximum Gasteiger partial charge on any atom is 0.220 e. The van der Waals surface area contributed by atoms with E-state index < -0.39 is 0 Å². The minimum absolute atomic E-state index is 0.0358. The molecule has 6 N–H and O–H groups in total. The van der Waals surface area contributed by atoms with Gasteiger partial charge in [0.2, 0.25) is 5.95 Å². The second-order valence-electron chi connectivity index (χ2n) is 3.95. The summed E-state index contributed by atoms with van der Waals surface area (Å²) in [5, 5.41) is 10.8. The van der Waals surface area contributed by atoms with Crippen LogP contribution in [-0.2, 0) is 0 Å². The van der Waals surface area contributed by atoms with Crippen LogP contribution in [0.1, 0.15) is 0 Å². The molecule has 0 bridgehead atoms. The first kappa shape index (κ1) is 10.4. The van der Waals surface area contributed by atoms with Gasteiger partial charge in [0, 0.05) is 22.8 Å². The highest BCUT2D eigenvalue weighted by atomic mass is 16.3. The van der Waals surface area contributed by atoms with Crippen molar-refractivity contribution in [1.29, 1.82) is 0 Å². The van der Waals surface area contributed by atoms with E-state index in [1.54, 1.807) is 30.5 Å². The lowest BCUT2D eigenvalue weighted by molar-refractivity contribution is 0.460. The normalized spacial score (nSPS) is 10.9. The standard InChI is InChI=1S/C12H11N5O/c13-6-1-2-8-7(5-6)10(11(18)16-8)9-3-4-15-12(14)17-9/h1-5,16,18H,13H2,(H2,14,15,17). The summed E-state index contributed by atoms with van der Waals surface area (Å²) in [5.74, 6) is 0.193. The van der Waals surface area contributed by atoms with Crippen LogP contribution in [0.4, 0.5) is 11.6 Å². The molecule has 0 fully saturated rings. The average Bonchev–Trinajstić information content (AvgIpc) is 2.64. The van der Waals surface area contributed by atoms with Crippen molar-refractivity contribution in [1.82, 2.24) is 15.0 Å². The molecule has 0 aliphatic heterocycles. The van der Waals surface area contributed by atoms with Crippen LogP contribution in [0.3, 0.4) is 0 Å². The molecule has 2 heterocycles. The molecule has 90 valence electrons. The number of aromatic hydroxyl groups is 1. The number of benzene rings is 1. The number of anilines is 2. The average molecular weight is 241 g/mol. The molecule has 0 spiro atoms. The Morgan fingerprint density at radius 1 is 1.17 bits per heavy atom. The van der Waals surface area contributed by atoms with Gasteiger partial charge in [-0.05, 0) is 24.3 Å². The summed E-state index contributed by atoms with van der Waals surface area (Å²) in [5.41, 5.74) is 13.8. The molecule has 0 saturated heterocycles. The summed E-state index contributed by atoms with van der Waals surface area (Å²) in [7, 11) is 0. The molecule has 0 atom stereocenters. The smallest absolute Gasteiger partial charge is 0.220 e. The molecule has 18 heavy (non-hydrogen) atoms. The summed E-state index contributed by atoms with van der Waals surface area (Å²) in [6.45, 7) is 0. The zero-order valence-corrected chi connectivity index (χ0v) is 9.38. The Hall–Kier alpha value is -2.76. The van der Waals surface area contributed by atoms with Gasteiger partial charge in [0.05, 0.1) is 11.3 Å². The molecule has 0 aliphatic rings. The molecule has 6 nitrogen and oxygen atoms in total. The number of H-pyrrole nitrogens is 1. The summed E-state index contributed by atoms with van der Waals surface area (Å²) >= 11 is 0. The van der Waals surface area contributed by atoms with Gasteiger partial charge < -0.3 is 21.6 Å². The van der Waals surface area contributed by atoms with E-state index in [4.69, 9.17) is 11.5 Å². The van der Waals surface area contributed by atoms with Crippen LogP contribution < -0.4 is 11.5 Å². The zero-order valence-electron chi connectivity index (χ0n) is 9.38. The largest absolute Gasteiger partial charge is 0.494 e. The number of nitrogens with zero attached hydrogens (tertiary/aromatic N) is 2. The number of fused-ring (bicyclic) bond motifs is 1. The molecular weight excluding hydrogens is 230 g/mol. The molecule has 1 aromatic carbocycles. The van der Waals surface area contributed by atoms with Crippen LogP contribution in [0.2, 0.25) is 0 Å². The lowest BCUT2D eigenvalue weighted by Crippen LogP contribution is -1.95. The quantitative estimate of drug-likeness (QED) is 0.482. The van der Waals surface area contributed by atoms with E-state index in [9.17, 15) is 5.11 Å². The van der Waals surface area contributed by atoms with Gasteiger partial charge in [0.25, 0.3) is 0 Å². The van der Waals surface area contributed by atoms with E-state index in [1.807, 2.05) is 0 Å². The first-order valence-corrected chi connectivity index (χ1v) is 5.34. The Kier molecular flexibility index (Phi) is 2.09. The molecule has 3 rings (SSSR count). The Balaban J connectivity index is 2.34. The van der Waals surface area contributed by atoms with Gasteiger partial charge in [-0.25, -0.2) is 9.97 Å². The minimum Gasteiger partial charge on any atom is -0.494 e. The van der Waals surface area contributed by atoms with Crippen molar-refractivity contribution in [2.75, 3.05) is 11.5 Å². The predicted molar refractivity (Wildman–Crippen MR) is 69.8 cm³/mol. The lowest BCUT2D eigenvalue weighted by atomic mass is 10.1.